The molecule has 2 atom stereocenters. The van der Waals surface area contributed by atoms with E-state index in [1.165, 1.54) is 18.2 Å². The Hall–Kier alpha value is -3.56. The molecule has 9 nitrogen and oxygen atoms in total. The summed E-state index contributed by atoms with van der Waals surface area (Å²) >= 11 is 12.0. The zero-order chi connectivity index (χ0) is 23.4. The molecular weight excluding hydrogens is 471 g/mol. The Morgan fingerprint density at radius 2 is 1.55 bits per heavy atom. The van der Waals surface area contributed by atoms with E-state index < -0.39 is 41.4 Å². The minimum Gasteiger partial charge on any atom is -0.296 e. The van der Waals surface area contributed by atoms with Crippen molar-refractivity contribution in [1.29, 1.82) is 0 Å². The lowest BCUT2D eigenvalue weighted by Gasteiger charge is -2.16. The Morgan fingerprint density at radius 3 is 2.15 bits per heavy atom. The van der Waals surface area contributed by atoms with Crippen molar-refractivity contribution in [2.75, 3.05) is 11.4 Å². The monoisotopic (exact) mass is 484 g/mol. The fourth-order valence-corrected chi connectivity index (χ4v) is 4.74. The zero-order valence-electron chi connectivity index (χ0n) is 16.7. The van der Waals surface area contributed by atoms with Crippen molar-refractivity contribution in [3.63, 3.8) is 0 Å². The van der Waals surface area contributed by atoms with E-state index >= 15 is 0 Å². The summed E-state index contributed by atoms with van der Waals surface area (Å²) in [6.07, 6.45) is -0.236. The molecule has 3 aliphatic heterocycles. The number of nitrogens with one attached hydrogen (secondary N) is 1. The summed E-state index contributed by atoms with van der Waals surface area (Å²) in [5.74, 6) is -3.85. The summed E-state index contributed by atoms with van der Waals surface area (Å²) in [5.41, 5.74) is 3.19. The van der Waals surface area contributed by atoms with Crippen LogP contribution >= 0.6 is 23.2 Å². The molecule has 0 saturated carbocycles. The van der Waals surface area contributed by atoms with Gasteiger partial charge in [0, 0.05) is 23.0 Å². The summed E-state index contributed by atoms with van der Waals surface area (Å²) in [6.45, 7) is -0.169. The van der Waals surface area contributed by atoms with Crippen LogP contribution in [0.15, 0.2) is 47.6 Å². The van der Waals surface area contributed by atoms with E-state index in [4.69, 9.17) is 23.2 Å². The predicted molar refractivity (Wildman–Crippen MR) is 118 cm³/mol. The molecule has 2 aromatic carbocycles. The number of carbonyl (C=O) groups is 5. The average Bonchev–Trinajstić information content (AvgIpc) is 3.39. The number of hydrogen-bond acceptors (Lipinski definition) is 7. The summed E-state index contributed by atoms with van der Waals surface area (Å²) in [7, 11) is 0. The molecule has 1 saturated heterocycles. The van der Waals surface area contributed by atoms with Crippen molar-refractivity contribution in [3.8, 4) is 0 Å². The maximum atomic E-state index is 13.1. The van der Waals surface area contributed by atoms with Gasteiger partial charge in [-0.15, -0.1) is 0 Å². The Kier molecular flexibility index (Phi) is 5.02. The highest BCUT2D eigenvalue weighted by molar-refractivity contribution is 6.49. The Balaban J connectivity index is 1.32. The summed E-state index contributed by atoms with van der Waals surface area (Å²) in [5, 5.41) is 4.40. The fraction of sp³-hybridized carbons (Fsp3) is 0.182. The lowest BCUT2D eigenvalue weighted by molar-refractivity contribution is -0.122. The van der Waals surface area contributed by atoms with Crippen molar-refractivity contribution < 1.29 is 24.0 Å². The van der Waals surface area contributed by atoms with Gasteiger partial charge in [-0.25, -0.2) is 4.90 Å². The third-order valence-corrected chi connectivity index (χ3v) is 6.19. The minimum atomic E-state index is -1.12. The van der Waals surface area contributed by atoms with Crippen LogP contribution < -0.4 is 10.3 Å². The molecule has 1 N–H and O–H groups in total. The Bertz CT molecular complexity index is 1250. The molecule has 3 heterocycles. The van der Waals surface area contributed by atoms with Gasteiger partial charge >= 0.3 is 0 Å². The number of anilines is 1. The maximum Gasteiger partial charge on any atom is 0.261 e. The molecule has 33 heavy (non-hydrogen) atoms. The number of amides is 4. The molecule has 3 aliphatic rings. The van der Waals surface area contributed by atoms with E-state index in [0.717, 1.165) is 9.80 Å². The van der Waals surface area contributed by atoms with Gasteiger partial charge in [0.05, 0.1) is 16.8 Å². The van der Waals surface area contributed by atoms with Crippen LogP contribution in [0.5, 0.6) is 0 Å². The number of benzene rings is 2. The minimum absolute atomic E-state index is 0.120. The average molecular weight is 485 g/mol. The van der Waals surface area contributed by atoms with Gasteiger partial charge in [0.25, 0.3) is 17.7 Å². The van der Waals surface area contributed by atoms with E-state index in [0.29, 0.717) is 0 Å². The number of nitrogens with zero attached hydrogens (tertiary/aromatic N) is 3. The van der Waals surface area contributed by atoms with Crippen LogP contribution in [0, 0.1) is 5.92 Å². The first-order chi connectivity index (χ1) is 15.8. The van der Waals surface area contributed by atoms with Gasteiger partial charge in [-0.05, 0) is 30.3 Å². The summed E-state index contributed by atoms with van der Waals surface area (Å²) < 4.78 is 0. The molecule has 1 fully saturated rings. The van der Waals surface area contributed by atoms with E-state index in [9.17, 15) is 24.0 Å². The van der Waals surface area contributed by atoms with E-state index in [-0.39, 0.29) is 45.5 Å². The van der Waals surface area contributed by atoms with Gasteiger partial charge in [0.1, 0.15) is 17.7 Å². The third-order valence-electron chi connectivity index (χ3n) is 5.76. The highest BCUT2D eigenvalue weighted by Gasteiger charge is 2.55. The number of fused-ring (bicyclic) bond motifs is 2. The zero-order valence-corrected chi connectivity index (χ0v) is 18.3. The SMILES string of the molecule is O=C(CCN1C(=O)c2ccccc2C1=O)C1=NN[C@@H]2C(=O)N(c3cc(Cl)cc(Cl)c3)C(=O)[C@H]12. The van der Waals surface area contributed by atoms with Crippen molar-refractivity contribution in [1.82, 2.24) is 10.3 Å². The van der Waals surface area contributed by atoms with E-state index in [2.05, 4.69) is 10.5 Å². The smallest absolute Gasteiger partial charge is 0.261 e. The first-order valence-electron chi connectivity index (χ1n) is 9.93. The highest BCUT2D eigenvalue weighted by atomic mass is 35.5. The van der Waals surface area contributed by atoms with Crippen LogP contribution in [0.2, 0.25) is 10.0 Å². The number of Topliss-reactive ketones (excluding diaryl/α,β-unsaturated/α-hetero) is 1. The largest absolute Gasteiger partial charge is 0.296 e. The lowest BCUT2D eigenvalue weighted by atomic mass is 9.94. The number of hydrogen-bond donors (Lipinski definition) is 1. The molecule has 0 unspecified atom stereocenters. The van der Waals surface area contributed by atoms with Crippen LogP contribution in [0.1, 0.15) is 27.1 Å². The molecule has 0 aromatic heterocycles. The van der Waals surface area contributed by atoms with Gasteiger partial charge in [-0.1, -0.05) is 35.3 Å². The molecule has 0 spiro atoms. The molecule has 11 heteroatoms. The number of halogens is 2. The van der Waals surface area contributed by atoms with Crippen molar-refractivity contribution in [3.05, 3.63) is 63.6 Å². The second kappa shape index (κ2) is 7.79. The number of hydrazone groups is 1. The quantitative estimate of drug-likeness (QED) is 0.649. The summed E-state index contributed by atoms with van der Waals surface area (Å²) in [4.78, 5) is 65.7. The first-order valence-corrected chi connectivity index (χ1v) is 10.7. The van der Waals surface area contributed by atoms with E-state index in [1.807, 2.05) is 0 Å². The second-order valence-electron chi connectivity index (χ2n) is 7.70. The normalized spacial score (nSPS) is 21.3. The van der Waals surface area contributed by atoms with Crippen molar-refractivity contribution >= 4 is 64.0 Å². The van der Waals surface area contributed by atoms with Gasteiger partial charge in [-0.2, -0.15) is 5.10 Å². The van der Waals surface area contributed by atoms with Crippen LogP contribution in [-0.2, 0) is 14.4 Å². The summed E-state index contributed by atoms with van der Waals surface area (Å²) in [6, 6.07) is 9.67. The number of carbonyl (C=O) groups excluding carboxylic acids is 5. The molecular formula is C22H14Cl2N4O5. The van der Waals surface area contributed by atoms with Crippen LogP contribution in [-0.4, -0.2) is 52.6 Å². The van der Waals surface area contributed by atoms with Gasteiger partial charge < -0.3 is 0 Å². The molecule has 0 radical (unpaired) electrons. The number of ketones is 1. The number of rotatable bonds is 5. The van der Waals surface area contributed by atoms with E-state index in [1.54, 1.807) is 24.3 Å². The second-order valence-corrected chi connectivity index (χ2v) is 8.57. The third kappa shape index (κ3) is 3.32. The topological polar surface area (TPSA) is 116 Å². The lowest BCUT2D eigenvalue weighted by Crippen LogP contribution is -2.36. The van der Waals surface area contributed by atoms with Gasteiger partial charge in [-0.3, -0.25) is 34.3 Å². The van der Waals surface area contributed by atoms with Gasteiger partial charge in [0.15, 0.2) is 5.78 Å². The molecule has 2 aromatic rings. The highest BCUT2D eigenvalue weighted by Crippen LogP contribution is 2.34. The predicted octanol–water partition coefficient (Wildman–Crippen LogP) is 2.07. The van der Waals surface area contributed by atoms with Gasteiger partial charge in [0.2, 0.25) is 5.91 Å². The molecule has 4 amide bonds. The van der Waals surface area contributed by atoms with Crippen LogP contribution in [0.4, 0.5) is 5.69 Å². The van der Waals surface area contributed by atoms with Crippen molar-refractivity contribution in [2.45, 2.75) is 12.5 Å². The molecule has 166 valence electrons. The molecule has 0 aliphatic carbocycles. The standard InChI is InChI=1S/C22H14Cl2N4O5/c23-10-7-11(24)9-12(8-10)28-21(32)16-17(25-26-18(16)22(28)33)15(29)5-6-27-19(30)13-3-1-2-4-14(13)20(27)31/h1-4,7-9,16,18,26H,5-6H2/t16-,18+/m1/s1. The maximum absolute atomic E-state index is 13.1. The Labute approximate surface area is 196 Å². The first kappa shape index (κ1) is 21.3. The fourth-order valence-electron chi connectivity index (χ4n) is 4.23. The molecule has 5 rings (SSSR count). The van der Waals surface area contributed by atoms with Crippen LogP contribution in [0.25, 0.3) is 0 Å². The number of imide groups is 2. The van der Waals surface area contributed by atoms with Crippen molar-refractivity contribution in [2.24, 2.45) is 11.0 Å². The Morgan fingerprint density at radius 1 is 0.939 bits per heavy atom. The van der Waals surface area contributed by atoms with Crippen LogP contribution in [0.3, 0.4) is 0 Å². The molecule has 0 bridgehead atoms.